The third-order valence-corrected chi connectivity index (χ3v) is 4.49. The van der Waals surface area contributed by atoms with Crippen LogP contribution in [0.4, 0.5) is 0 Å². The number of sulfonamides is 1. The van der Waals surface area contributed by atoms with E-state index in [-0.39, 0.29) is 10.8 Å². The number of carbonyl (C=O) groups is 1. The van der Waals surface area contributed by atoms with Gasteiger partial charge in [-0.25, -0.2) is 13.1 Å². The fraction of sp³-hybridized carbons (Fsp3) is 0.533. The van der Waals surface area contributed by atoms with Gasteiger partial charge >= 0.3 is 0 Å². The van der Waals surface area contributed by atoms with Crippen molar-refractivity contribution < 1.29 is 13.2 Å². The molecule has 0 bridgehead atoms. The Hall–Kier alpha value is -1.44. The molecule has 1 amide bonds. The highest BCUT2D eigenvalue weighted by Gasteiger charge is 2.22. The molecule has 0 aliphatic rings. The predicted molar refractivity (Wildman–Crippen MR) is 87.4 cm³/mol. The van der Waals surface area contributed by atoms with Crippen LogP contribution >= 0.6 is 0 Å². The Morgan fingerprint density at radius 3 is 2.14 bits per heavy atom. The quantitative estimate of drug-likeness (QED) is 0.819. The maximum atomic E-state index is 12.2. The Bertz CT molecular complexity index is 602. The fourth-order valence-corrected chi connectivity index (χ4v) is 3.16. The van der Waals surface area contributed by atoms with Crippen LogP contribution in [-0.4, -0.2) is 51.9 Å². The molecular weight excluding hydrogens is 302 g/mol. The zero-order chi connectivity index (χ0) is 17.0. The summed E-state index contributed by atoms with van der Waals surface area (Å²) in [4.78, 5) is 14.0. The van der Waals surface area contributed by atoms with Crippen molar-refractivity contribution in [3.05, 3.63) is 29.8 Å². The van der Waals surface area contributed by atoms with Crippen molar-refractivity contribution in [2.45, 2.75) is 31.2 Å². The number of hydrogen-bond acceptors (Lipinski definition) is 4. The van der Waals surface area contributed by atoms with Crippen LogP contribution in [0.25, 0.3) is 0 Å². The highest BCUT2D eigenvalue weighted by atomic mass is 32.2. The van der Waals surface area contributed by atoms with Gasteiger partial charge in [0.15, 0.2) is 0 Å². The minimum absolute atomic E-state index is 0.146. The van der Waals surface area contributed by atoms with Gasteiger partial charge in [0.05, 0.1) is 4.90 Å². The lowest BCUT2D eigenvalue weighted by molar-refractivity contribution is 0.0951. The van der Waals surface area contributed by atoms with Crippen LogP contribution < -0.4 is 10.0 Å². The lowest BCUT2D eigenvalue weighted by atomic mass is 10.1. The van der Waals surface area contributed by atoms with E-state index in [4.69, 9.17) is 0 Å². The average Bonchev–Trinajstić information content (AvgIpc) is 2.35. The predicted octanol–water partition coefficient (Wildman–Crippen LogP) is 1.05. The zero-order valence-corrected chi connectivity index (χ0v) is 14.6. The SMILES string of the molecule is CN(C)CCNC(=O)c1ccc(S(=O)(=O)NC(C)(C)C)cc1. The van der Waals surface area contributed by atoms with Crippen LogP contribution in [0.15, 0.2) is 29.2 Å². The average molecular weight is 327 g/mol. The van der Waals surface area contributed by atoms with E-state index < -0.39 is 15.6 Å². The molecule has 0 aliphatic carbocycles. The van der Waals surface area contributed by atoms with Gasteiger partial charge in [0.1, 0.15) is 0 Å². The van der Waals surface area contributed by atoms with E-state index in [0.717, 1.165) is 6.54 Å². The zero-order valence-electron chi connectivity index (χ0n) is 13.8. The molecule has 0 aromatic heterocycles. The Kier molecular flexibility index (Phi) is 6.10. The molecule has 1 aromatic rings. The van der Waals surface area contributed by atoms with Crippen molar-refractivity contribution in [2.24, 2.45) is 0 Å². The van der Waals surface area contributed by atoms with E-state index in [0.29, 0.717) is 12.1 Å². The largest absolute Gasteiger partial charge is 0.351 e. The summed E-state index contributed by atoms with van der Waals surface area (Å²) >= 11 is 0. The van der Waals surface area contributed by atoms with Gasteiger partial charge in [0, 0.05) is 24.2 Å². The van der Waals surface area contributed by atoms with Gasteiger partial charge in [-0.1, -0.05) is 0 Å². The molecule has 0 atom stereocenters. The van der Waals surface area contributed by atoms with E-state index in [9.17, 15) is 13.2 Å². The van der Waals surface area contributed by atoms with Crippen LogP contribution in [0.5, 0.6) is 0 Å². The highest BCUT2D eigenvalue weighted by molar-refractivity contribution is 7.89. The first kappa shape index (κ1) is 18.6. The second-order valence-electron chi connectivity index (χ2n) is 6.44. The molecule has 0 unspecified atom stereocenters. The first-order chi connectivity index (χ1) is 10.0. The lowest BCUT2D eigenvalue weighted by Gasteiger charge is -2.20. The molecule has 6 nitrogen and oxygen atoms in total. The summed E-state index contributed by atoms with van der Waals surface area (Å²) in [5, 5.41) is 2.78. The number of amides is 1. The third kappa shape index (κ3) is 6.13. The number of carbonyl (C=O) groups excluding carboxylic acids is 1. The summed E-state index contributed by atoms with van der Waals surface area (Å²) in [6, 6.07) is 5.91. The molecule has 7 heteroatoms. The molecule has 0 radical (unpaired) electrons. The van der Waals surface area contributed by atoms with E-state index in [1.165, 1.54) is 24.3 Å². The minimum Gasteiger partial charge on any atom is -0.351 e. The van der Waals surface area contributed by atoms with Crippen LogP contribution in [0, 0.1) is 0 Å². The second kappa shape index (κ2) is 7.21. The Morgan fingerprint density at radius 2 is 1.68 bits per heavy atom. The minimum atomic E-state index is -3.58. The van der Waals surface area contributed by atoms with Crippen LogP contribution in [-0.2, 0) is 10.0 Å². The molecule has 0 aliphatic heterocycles. The number of nitrogens with one attached hydrogen (secondary N) is 2. The van der Waals surface area contributed by atoms with Crippen molar-refractivity contribution in [3.63, 3.8) is 0 Å². The maximum absolute atomic E-state index is 12.2. The summed E-state index contributed by atoms with van der Waals surface area (Å²) in [6.45, 7) is 6.61. The number of rotatable bonds is 6. The van der Waals surface area contributed by atoms with Gasteiger partial charge in [0.2, 0.25) is 10.0 Å². The number of likely N-dealkylation sites (N-methyl/N-ethyl adjacent to an activating group) is 1. The summed E-state index contributed by atoms with van der Waals surface area (Å²) in [6.07, 6.45) is 0. The number of benzene rings is 1. The molecule has 124 valence electrons. The maximum Gasteiger partial charge on any atom is 0.251 e. The standard InChI is InChI=1S/C15H25N3O3S/c1-15(2,3)17-22(20,21)13-8-6-12(7-9-13)14(19)16-10-11-18(4)5/h6-9,17H,10-11H2,1-5H3,(H,16,19). The smallest absolute Gasteiger partial charge is 0.251 e. The summed E-state index contributed by atoms with van der Waals surface area (Å²) < 4.78 is 26.9. The molecule has 22 heavy (non-hydrogen) atoms. The van der Waals surface area contributed by atoms with Crippen molar-refractivity contribution in [2.75, 3.05) is 27.2 Å². The topological polar surface area (TPSA) is 78.5 Å². The van der Waals surface area contributed by atoms with E-state index in [1.807, 2.05) is 19.0 Å². The van der Waals surface area contributed by atoms with E-state index >= 15 is 0 Å². The van der Waals surface area contributed by atoms with Gasteiger partial charge in [-0.2, -0.15) is 0 Å². The number of hydrogen-bond donors (Lipinski definition) is 2. The van der Waals surface area contributed by atoms with Crippen LogP contribution in [0.2, 0.25) is 0 Å². The Morgan fingerprint density at radius 1 is 1.14 bits per heavy atom. The molecule has 2 N–H and O–H groups in total. The van der Waals surface area contributed by atoms with E-state index in [2.05, 4.69) is 10.0 Å². The monoisotopic (exact) mass is 327 g/mol. The molecular formula is C15H25N3O3S. The summed E-state index contributed by atoms with van der Waals surface area (Å²) in [5.74, 6) is -0.213. The van der Waals surface area contributed by atoms with Gasteiger partial charge in [-0.05, 0) is 59.1 Å². The van der Waals surface area contributed by atoms with Crippen molar-refractivity contribution in [3.8, 4) is 0 Å². The van der Waals surface area contributed by atoms with E-state index in [1.54, 1.807) is 20.8 Å². The molecule has 0 spiro atoms. The van der Waals surface area contributed by atoms with Crippen LogP contribution in [0.1, 0.15) is 31.1 Å². The molecule has 0 fully saturated rings. The van der Waals surface area contributed by atoms with Gasteiger partial charge in [0.25, 0.3) is 5.91 Å². The second-order valence-corrected chi connectivity index (χ2v) is 8.12. The molecule has 1 aromatic carbocycles. The van der Waals surface area contributed by atoms with Crippen molar-refractivity contribution in [1.82, 2.24) is 14.9 Å². The third-order valence-electron chi connectivity index (χ3n) is 2.71. The van der Waals surface area contributed by atoms with Crippen LogP contribution in [0.3, 0.4) is 0 Å². The van der Waals surface area contributed by atoms with Gasteiger partial charge in [-0.15, -0.1) is 0 Å². The highest BCUT2D eigenvalue weighted by Crippen LogP contribution is 2.13. The summed E-state index contributed by atoms with van der Waals surface area (Å²) in [7, 11) is 0.272. The normalized spacial score (nSPS) is 12.5. The fourth-order valence-electron chi connectivity index (χ4n) is 1.74. The molecule has 0 heterocycles. The first-order valence-corrected chi connectivity index (χ1v) is 8.56. The molecule has 1 rings (SSSR count). The lowest BCUT2D eigenvalue weighted by Crippen LogP contribution is -2.40. The Labute approximate surface area is 132 Å². The van der Waals surface area contributed by atoms with Gasteiger partial charge in [-0.3, -0.25) is 4.79 Å². The van der Waals surface area contributed by atoms with Gasteiger partial charge < -0.3 is 10.2 Å². The molecule has 0 saturated carbocycles. The van der Waals surface area contributed by atoms with Crippen molar-refractivity contribution in [1.29, 1.82) is 0 Å². The molecule has 0 saturated heterocycles. The van der Waals surface area contributed by atoms with Crippen molar-refractivity contribution >= 4 is 15.9 Å². The summed E-state index contributed by atoms with van der Waals surface area (Å²) in [5.41, 5.74) is -0.116. The Balaban J connectivity index is 2.76. The number of nitrogens with zero attached hydrogens (tertiary/aromatic N) is 1. The first-order valence-electron chi connectivity index (χ1n) is 7.08.